The van der Waals surface area contributed by atoms with Crippen LogP contribution in [0.4, 0.5) is 14.9 Å². The van der Waals surface area contributed by atoms with Crippen LogP contribution >= 0.6 is 0 Å². The van der Waals surface area contributed by atoms with E-state index >= 15 is 0 Å². The van der Waals surface area contributed by atoms with E-state index in [-0.39, 0.29) is 17.9 Å². The number of nitrogens with zero attached hydrogens (tertiary/aromatic N) is 1. The number of carbonyl (C=O) groups excluding carboxylic acids is 1. The topological polar surface area (TPSA) is 58.4 Å². The number of benzene rings is 1. The van der Waals surface area contributed by atoms with E-state index in [4.69, 9.17) is 5.73 Å². The first-order chi connectivity index (χ1) is 7.15. The second-order valence-electron chi connectivity index (χ2n) is 3.60. The van der Waals surface area contributed by atoms with Crippen LogP contribution in [0.25, 0.3) is 0 Å². The molecule has 2 rings (SSSR count). The lowest BCUT2D eigenvalue weighted by atomic mass is 10.1. The molecule has 1 saturated heterocycles. The van der Waals surface area contributed by atoms with Gasteiger partial charge in [-0.05, 0) is 24.3 Å². The molecule has 5 heteroatoms. The van der Waals surface area contributed by atoms with Crippen LogP contribution in [0.2, 0.25) is 0 Å². The van der Waals surface area contributed by atoms with Crippen molar-refractivity contribution in [2.45, 2.75) is 6.04 Å². The van der Waals surface area contributed by atoms with Crippen LogP contribution in [0.3, 0.4) is 0 Å². The van der Waals surface area contributed by atoms with Gasteiger partial charge in [0.25, 0.3) is 0 Å². The quantitative estimate of drug-likeness (QED) is 0.725. The number of hydrogen-bond donors (Lipinski definition) is 2. The van der Waals surface area contributed by atoms with E-state index in [0.29, 0.717) is 18.8 Å². The van der Waals surface area contributed by atoms with Gasteiger partial charge in [-0.25, -0.2) is 9.18 Å². The van der Waals surface area contributed by atoms with E-state index < -0.39 is 0 Å². The van der Waals surface area contributed by atoms with Crippen molar-refractivity contribution < 1.29 is 9.18 Å². The van der Waals surface area contributed by atoms with Gasteiger partial charge in [-0.1, -0.05) is 0 Å². The third-order valence-corrected chi connectivity index (χ3v) is 2.29. The van der Waals surface area contributed by atoms with Crippen molar-refractivity contribution in [3.8, 4) is 0 Å². The lowest BCUT2D eigenvalue weighted by Gasteiger charge is -2.36. The predicted molar refractivity (Wildman–Crippen MR) is 55.0 cm³/mol. The molecule has 0 bridgehead atoms. The Labute approximate surface area is 86.9 Å². The van der Waals surface area contributed by atoms with Crippen molar-refractivity contribution in [2.24, 2.45) is 5.73 Å². The molecule has 1 aliphatic heterocycles. The molecule has 1 fully saturated rings. The van der Waals surface area contributed by atoms with Crippen LogP contribution < -0.4 is 11.1 Å². The lowest BCUT2D eigenvalue weighted by molar-refractivity contribution is 0.165. The summed E-state index contributed by atoms with van der Waals surface area (Å²) < 4.78 is 12.6. The molecule has 80 valence electrons. The average molecular weight is 209 g/mol. The molecule has 0 spiro atoms. The first kappa shape index (κ1) is 9.92. The molecule has 4 nitrogen and oxygen atoms in total. The summed E-state index contributed by atoms with van der Waals surface area (Å²) in [4.78, 5) is 13.1. The zero-order chi connectivity index (χ0) is 10.8. The fourth-order valence-corrected chi connectivity index (χ4v) is 1.41. The predicted octanol–water partition coefficient (Wildman–Crippen LogP) is 1.00. The molecule has 1 heterocycles. The number of likely N-dealkylation sites (tertiary alicyclic amines) is 1. The van der Waals surface area contributed by atoms with E-state index in [1.807, 2.05) is 0 Å². The van der Waals surface area contributed by atoms with Gasteiger partial charge in [-0.3, -0.25) is 0 Å². The molecular weight excluding hydrogens is 197 g/mol. The number of urea groups is 1. The monoisotopic (exact) mass is 209 g/mol. The van der Waals surface area contributed by atoms with E-state index in [1.165, 1.54) is 24.3 Å². The molecule has 0 saturated carbocycles. The summed E-state index contributed by atoms with van der Waals surface area (Å²) in [6.45, 7) is 1.15. The number of amides is 2. The number of halogens is 1. The first-order valence-electron chi connectivity index (χ1n) is 4.72. The second-order valence-corrected chi connectivity index (χ2v) is 3.60. The van der Waals surface area contributed by atoms with Crippen LogP contribution in [0.15, 0.2) is 24.3 Å². The van der Waals surface area contributed by atoms with Gasteiger partial charge >= 0.3 is 6.03 Å². The number of hydrogen-bond acceptors (Lipinski definition) is 2. The van der Waals surface area contributed by atoms with Crippen molar-refractivity contribution in [3.05, 3.63) is 30.1 Å². The third-order valence-electron chi connectivity index (χ3n) is 2.29. The van der Waals surface area contributed by atoms with Crippen molar-refractivity contribution in [1.82, 2.24) is 4.90 Å². The second kappa shape index (κ2) is 3.86. The van der Waals surface area contributed by atoms with Gasteiger partial charge in [0.2, 0.25) is 0 Å². The molecular formula is C10H12FN3O. The largest absolute Gasteiger partial charge is 0.325 e. The van der Waals surface area contributed by atoms with Crippen molar-refractivity contribution in [1.29, 1.82) is 0 Å². The van der Waals surface area contributed by atoms with E-state index in [2.05, 4.69) is 5.32 Å². The Morgan fingerprint density at radius 1 is 1.40 bits per heavy atom. The van der Waals surface area contributed by atoms with Crippen LogP contribution in [0.1, 0.15) is 0 Å². The molecule has 0 aromatic heterocycles. The maximum absolute atomic E-state index is 12.6. The molecule has 0 atom stereocenters. The van der Waals surface area contributed by atoms with Crippen LogP contribution in [-0.4, -0.2) is 30.1 Å². The Kier molecular flexibility index (Phi) is 2.55. The fraction of sp³-hybridized carbons (Fsp3) is 0.300. The molecule has 1 aromatic rings. The maximum Gasteiger partial charge on any atom is 0.321 e. The Morgan fingerprint density at radius 2 is 2.00 bits per heavy atom. The van der Waals surface area contributed by atoms with Gasteiger partial charge in [-0.2, -0.15) is 0 Å². The SMILES string of the molecule is NC1CN(C(=O)Nc2ccc(F)cc2)C1. The number of nitrogens with one attached hydrogen (secondary N) is 1. The normalized spacial score (nSPS) is 16.0. The molecule has 2 amide bonds. The first-order valence-corrected chi connectivity index (χ1v) is 4.72. The van der Waals surface area contributed by atoms with Crippen molar-refractivity contribution in [3.63, 3.8) is 0 Å². The van der Waals surface area contributed by atoms with Gasteiger partial charge in [0, 0.05) is 24.8 Å². The molecule has 0 unspecified atom stereocenters. The third kappa shape index (κ3) is 2.24. The van der Waals surface area contributed by atoms with Crippen LogP contribution in [-0.2, 0) is 0 Å². The Balaban J connectivity index is 1.91. The highest BCUT2D eigenvalue weighted by molar-refractivity contribution is 5.89. The van der Waals surface area contributed by atoms with Gasteiger partial charge in [-0.15, -0.1) is 0 Å². The molecule has 1 aromatic carbocycles. The summed E-state index contributed by atoms with van der Waals surface area (Å²) >= 11 is 0. The minimum atomic E-state index is -0.320. The number of carbonyl (C=O) groups is 1. The standard InChI is InChI=1S/C10H12FN3O/c11-7-1-3-9(4-2-7)13-10(15)14-5-8(12)6-14/h1-4,8H,5-6,12H2,(H,13,15). The average Bonchev–Trinajstić information content (AvgIpc) is 2.17. The summed E-state index contributed by atoms with van der Waals surface area (Å²) in [6, 6.07) is 5.54. The number of rotatable bonds is 1. The van der Waals surface area contributed by atoms with Crippen molar-refractivity contribution in [2.75, 3.05) is 18.4 Å². The van der Waals surface area contributed by atoms with E-state index in [1.54, 1.807) is 4.90 Å². The number of anilines is 1. The van der Waals surface area contributed by atoms with Gasteiger partial charge in [0.05, 0.1) is 0 Å². The molecule has 0 radical (unpaired) electrons. The highest BCUT2D eigenvalue weighted by Gasteiger charge is 2.27. The molecule has 0 aliphatic carbocycles. The summed E-state index contributed by atoms with van der Waals surface area (Å²) in [6.07, 6.45) is 0. The minimum absolute atomic E-state index is 0.0870. The molecule has 1 aliphatic rings. The van der Waals surface area contributed by atoms with Gasteiger partial charge in [0.15, 0.2) is 0 Å². The fourth-order valence-electron chi connectivity index (χ4n) is 1.41. The highest BCUT2D eigenvalue weighted by atomic mass is 19.1. The zero-order valence-electron chi connectivity index (χ0n) is 8.11. The Morgan fingerprint density at radius 3 is 2.53 bits per heavy atom. The number of nitrogens with two attached hydrogens (primary N) is 1. The lowest BCUT2D eigenvalue weighted by Crippen LogP contribution is -2.58. The van der Waals surface area contributed by atoms with Crippen molar-refractivity contribution >= 4 is 11.7 Å². The summed E-state index contributed by atoms with van der Waals surface area (Å²) in [5.74, 6) is -0.320. The van der Waals surface area contributed by atoms with E-state index in [0.717, 1.165) is 0 Å². The summed E-state index contributed by atoms with van der Waals surface area (Å²) in [5.41, 5.74) is 6.13. The Bertz CT molecular complexity index is 359. The summed E-state index contributed by atoms with van der Waals surface area (Å²) in [7, 11) is 0. The van der Waals surface area contributed by atoms with Crippen LogP contribution in [0.5, 0.6) is 0 Å². The molecule has 3 N–H and O–H groups in total. The van der Waals surface area contributed by atoms with Gasteiger partial charge < -0.3 is 16.0 Å². The maximum atomic E-state index is 12.6. The summed E-state index contributed by atoms with van der Waals surface area (Å²) in [5, 5.41) is 2.66. The minimum Gasteiger partial charge on any atom is -0.325 e. The molecule has 15 heavy (non-hydrogen) atoms. The van der Waals surface area contributed by atoms with Gasteiger partial charge in [0.1, 0.15) is 5.82 Å². The highest BCUT2D eigenvalue weighted by Crippen LogP contribution is 2.12. The smallest absolute Gasteiger partial charge is 0.321 e. The van der Waals surface area contributed by atoms with Crippen LogP contribution in [0, 0.1) is 5.82 Å². The Hall–Kier alpha value is -1.62. The zero-order valence-corrected chi connectivity index (χ0v) is 8.11. The van der Waals surface area contributed by atoms with E-state index in [9.17, 15) is 9.18 Å².